The van der Waals surface area contributed by atoms with E-state index in [0.717, 1.165) is 29.8 Å². The summed E-state index contributed by atoms with van der Waals surface area (Å²) in [7, 11) is 3.84. The molecule has 2 aromatic heterocycles. The van der Waals surface area contributed by atoms with Crippen molar-refractivity contribution < 1.29 is 14.3 Å². The number of nitrogens with zero attached hydrogens (tertiary/aromatic N) is 5. The lowest BCUT2D eigenvalue weighted by atomic mass is 10.2. The summed E-state index contributed by atoms with van der Waals surface area (Å²) in [6.07, 6.45) is 4.70. The van der Waals surface area contributed by atoms with Crippen molar-refractivity contribution in [3.8, 4) is 0 Å². The number of aromatic nitrogens is 4. The van der Waals surface area contributed by atoms with Crippen LogP contribution < -0.4 is 4.90 Å². The van der Waals surface area contributed by atoms with E-state index in [0.29, 0.717) is 0 Å². The molecule has 0 spiro atoms. The quantitative estimate of drug-likeness (QED) is 0.783. The van der Waals surface area contributed by atoms with Gasteiger partial charge >= 0.3 is 5.97 Å². The van der Waals surface area contributed by atoms with Gasteiger partial charge in [-0.1, -0.05) is 0 Å². The molecule has 1 saturated heterocycles. The van der Waals surface area contributed by atoms with Crippen molar-refractivity contribution in [2.45, 2.75) is 32.1 Å². The molecule has 0 saturated carbocycles. The fraction of sp³-hybridized carbons (Fsp3) is 0.571. The van der Waals surface area contributed by atoms with Crippen molar-refractivity contribution in [3.05, 3.63) is 12.7 Å². The fourth-order valence-corrected chi connectivity index (χ4v) is 2.60. The van der Waals surface area contributed by atoms with E-state index in [9.17, 15) is 4.79 Å². The third-order valence-electron chi connectivity index (χ3n) is 3.63. The molecular weight excluding hydrogens is 286 g/mol. The van der Waals surface area contributed by atoms with Gasteiger partial charge in [0.05, 0.1) is 12.4 Å². The third kappa shape index (κ3) is 2.74. The highest BCUT2D eigenvalue weighted by Crippen LogP contribution is 2.31. The molecule has 2 atom stereocenters. The van der Waals surface area contributed by atoms with Crippen LogP contribution in [0.15, 0.2) is 12.7 Å². The van der Waals surface area contributed by atoms with Crippen LogP contribution in [0.4, 0.5) is 5.82 Å². The summed E-state index contributed by atoms with van der Waals surface area (Å²) in [5.74, 6) is 0.488. The van der Waals surface area contributed by atoms with Gasteiger partial charge in [0, 0.05) is 21.0 Å². The molecule has 1 aliphatic rings. The number of carbonyl (C=O) groups is 1. The molecule has 22 heavy (non-hydrogen) atoms. The van der Waals surface area contributed by atoms with E-state index in [1.165, 1.54) is 13.3 Å². The maximum absolute atomic E-state index is 10.9. The van der Waals surface area contributed by atoms with Crippen molar-refractivity contribution >= 4 is 23.0 Å². The van der Waals surface area contributed by atoms with E-state index in [4.69, 9.17) is 9.47 Å². The maximum atomic E-state index is 10.9. The first kappa shape index (κ1) is 14.7. The van der Waals surface area contributed by atoms with Crippen molar-refractivity contribution in [3.63, 3.8) is 0 Å². The Balaban J connectivity index is 1.80. The summed E-state index contributed by atoms with van der Waals surface area (Å²) in [5.41, 5.74) is 1.50. The number of anilines is 1. The third-order valence-corrected chi connectivity index (χ3v) is 3.63. The number of carbonyl (C=O) groups excluding carboxylic acids is 1. The second-order valence-corrected chi connectivity index (χ2v) is 5.51. The first-order valence-corrected chi connectivity index (χ1v) is 7.20. The smallest absolute Gasteiger partial charge is 0.302 e. The minimum Gasteiger partial charge on any atom is -0.463 e. The molecule has 118 valence electrons. The first-order chi connectivity index (χ1) is 10.6. The minimum absolute atomic E-state index is 0.0819. The van der Waals surface area contributed by atoms with Gasteiger partial charge in [-0.05, 0) is 12.8 Å². The van der Waals surface area contributed by atoms with Gasteiger partial charge in [0.2, 0.25) is 0 Å². The highest BCUT2D eigenvalue weighted by atomic mass is 16.6. The SMILES string of the molecule is CC(=O)OC[C@H]1CC[C@H](n2cnc3c(N(C)C)ncnc32)O1. The Morgan fingerprint density at radius 1 is 1.41 bits per heavy atom. The largest absolute Gasteiger partial charge is 0.463 e. The number of hydrogen-bond acceptors (Lipinski definition) is 7. The van der Waals surface area contributed by atoms with Gasteiger partial charge in [0.25, 0.3) is 0 Å². The summed E-state index contributed by atoms with van der Waals surface area (Å²) in [6.45, 7) is 1.69. The molecular formula is C14H19N5O3. The molecule has 3 rings (SSSR count). The van der Waals surface area contributed by atoms with Crippen LogP contribution >= 0.6 is 0 Å². The van der Waals surface area contributed by atoms with E-state index in [2.05, 4.69) is 15.0 Å². The molecule has 0 N–H and O–H groups in total. The van der Waals surface area contributed by atoms with Gasteiger partial charge in [-0.15, -0.1) is 0 Å². The van der Waals surface area contributed by atoms with Gasteiger partial charge < -0.3 is 14.4 Å². The molecule has 0 amide bonds. The van der Waals surface area contributed by atoms with Crippen molar-refractivity contribution in [2.75, 3.05) is 25.6 Å². The van der Waals surface area contributed by atoms with Crippen LogP contribution in [0.3, 0.4) is 0 Å². The van der Waals surface area contributed by atoms with Gasteiger partial charge in [-0.25, -0.2) is 15.0 Å². The predicted octanol–water partition coefficient (Wildman–Crippen LogP) is 1.13. The van der Waals surface area contributed by atoms with Crippen LogP contribution in [-0.2, 0) is 14.3 Å². The topological polar surface area (TPSA) is 82.4 Å². The molecule has 2 aromatic rings. The van der Waals surface area contributed by atoms with Gasteiger partial charge in [-0.3, -0.25) is 9.36 Å². The predicted molar refractivity (Wildman–Crippen MR) is 79.4 cm³/mol. The minimum atomic E-state index is -0.288. The average Bonchev–Trinajstić information content (AvgIpc) is 3.10. The molecule has 0 radical (unpaired) electrons. The molecule has 3 heterocycles. The van der Waals surface area contributed by atoms with Crippen molar-refractivity contribution in [2.24, 2.45) is 0 Å². The van der Waals surface area contributed by atoms with Gasteiger partial charge in [0.1, 0.15) is 19.2 Å². The molecule has 0 aromatic carbocycles. The molecule has 8 heteroatoms. The Morgan fingerprint density at radius 2 is 2.23 bits per heavy atom. The monoisotopic (exact) mass is 305 g/mol. The highest BCUT2D eigenvalue weighted by molar-refractivity contribution is 5.83. The van der Waals surface area contributed by atoms with E-state index in [1.54, 1.807) is 6.33 Å². The zero-order valence-electron chi connectivity index (χ0n) is 12.9. The van der Waals surface area contributed by atoms with Gasteiger partial charge in [-0.2, -0.15) is 0 Å². The number of hydrogen-bond donors (Lipinski definition) is 0. The Bertz CT molecular complexity index is 684. The average molecular weight is 305 g/mol. The lowest BCUT2D eigenvalue weighted by molar-refractivity contribution is -0.145. The number of imidazole rings is 1. The van der Waals surface area contributed by atoms with Crippen molar-refractivity contribution in [1.29, 1.82) is 0 Å². The normalized spacial score (nSPS) is 21.2. The van der Waals surface area contributed by atoms with Crippen LogP contribution in [0, 0.1) is 0 Å². The number of fused-ring (bicyclic) bond motifs is 1. The summed E-state index contributed by atoms with van der Waals surface area (Å²) in [5, 5.41) is 0. The molecule has 1 fully saturated rings. The second-order valence-electron chi connectivity index (χ2n) is 5.51. The Labute approximate surface area is 128 Å². The fourth-order valence-electron chi connectivity index (χ4n) is 2.60. The molecule has 0 bridgehead atoms. The zero-order chi connectivity index (χ0) is 15.7. The second kappa shape index (κ2) is 5.88. The number of esters is 1. The van der Waals surface area contributed by atoms with Gasteiger partial charge in [0.15, 0.2) is 17.0 Å². The Kier molecular flexibility index (Phi) is 3.93. The van der Waals surface area contributed by atoms with E-state index >= 15 is 0 Å². The van der Waals surface area contributed by atoms with Crippen LogP contribution in [0.5, 0.6) is 0 Å². The van der Waals surface area contributed by atoms with Crippen molar-refractivity contribution in [1.82, 2.24) is 19.5 Å². The van der Waals surface area contributed by atoms with Crippen LogP contribution in [0.25, 0.3) is 11.2 Å². The summed E-state index contributed by atoms with van der Waals surface area (Å²) >= 11 is 0. The highest BCUT2D eigenvalue weighted by Gasteiger charge is 2.29. The summed E-state index contributed by atoms with van der Waals surface area (Å²) < 4.78 is 12.9. The van der Waals surface area contributed by atoms with E-state index in [1.807, 2.05) is 23.6 Å². The Hall–Kier alpha value is -2.22. The standard InChI is InChI=1S/C14H19N5O3/c1-9(20)21-6-10-4-5-11(22-10)19-8-17-12-13(18(2)3)15-7-16-14(12)19/h7-8,10-11H,4-6H2,1-3H3/t10-,11-/m1/s1. The molecule has 0 unspecified atom stereocenters. The lowest BCUT2D eigenvalue weighted by Crippen LogP contribution is -2.18. The number of ether oxygens (including phenoxy) is 2. The van der Waals surface area contributed by atoms with Crippen LogP contribution in [0.2, 0.25) is 0 Å². The number of rotatable bonds is 4. The lowest BCUT2D eigenvalue weighted by Gasteiger charge is -2.15. The van der Waals surface area contributed by atoms with E-state index in [-0.39, 0.29) is 24.9 Å². The molecule has 0 aliphatic carbocycles. The first-order valence-electron chi connectivity index (χ1n) is 7.20. The zero-order valence-corrected chi connectivity index (χ0v) is 12.9. The summed E-state index contributed by atoms with van der Waals surface area (Å²) in [6, 6.07) is 0. The Morgan fingerprint density at radius 3 is 2.95 bits per heavy atom. The van der Waals surface area contributed by atoms with Crippen LogP contribution in [0.1, 0.15) is 26.0 Å². The summed E-state index contributed by atoms with van der Waals surface area (Å²) in [4.78, 5) is 25.8. The maximum Gasteiger partial charge on any atom is 0.302 e. The van der Waals surface area contributed by atoms with Crippen LogP contribution in [-0.4, -0.2) is 52.3 Å². The molecule has 8 nitrogen and oxygen atoms in total. The molecule has 1 aliphatic heterocycles. The van der Waals surface area contributed by atoms with E-state index < -0.39 is 0 Å².